The van der Waals surface area contributed by atoms with E-state index in [1.165, 1.54) is 7.11 Å². The Kier molecular flexibility index (Phi) is 3.34. The summed E-state index contributed by atoms with van der Waals surface area (Å²) in [7, 11) is 1.33. The summed E-state index contributed by atoms with van der Waals surface area (Å²) >= 11 is 5.98. The lowest BCUT2D eigenvalue weighted by atomic mass is 10.0. The van der Waals surface area contributed by atoms with E-state index in [-0.39, 0.29) is 0 Å². The number of hydrogen-bond acceptors (Lipinski definition) is 3. The molecule has 0 fully saturated rings. The second-order valence-electron chi connectivity index (χ2n) is 3.70. The van der Waals surface area contributed by atoms with Crippen LogP contribution >= 0.6 is 11.6 Å². The highest BCUT2D eigenvalue weighted by molar-refractivity contribution is 6.29. The lowest BCUT2D eigenvalue weighted by molar-refractivity contribution is -0.140. The fourth-order valence-corrected chi connectivity index (χ4v) is 2.00. The minimum absolute atomic E-state index is 0.432. The molecule has 0 N–H and O–H groups in total. The monoisotopic (exact) mass is 240 g/mol. The number of carbonyl (C=O) groups excluding carboxylic acids is 1. The van der Waals surface area contributed by atoms with Gasteiger partial charge in [0, 0.05) is 0 Å². The number of alkyl halides is 1. The summed E-state index contributed by atoms with van der Waals surface area (Å²) in [5.74, 6) is 0.460. The first-order valence-corrected chi connectivity index (χ1v) is 5.63. The highest BCUT2D eigenvalue weighted by Gasteiger charge is 2.20. The summed E-state index contributed by atoms with van der Waals surface area (Å²) in [5, 5.41) is -0.739. The average molecular weight is 241 g/mol. The van der Waals surface area contributed by atoms with Crippen LogP contribution in [0.1, 0.15) is 22.9 Å². The molecule has 2 rings (SSSR count). The van der Waals surface area contributed by atoms with E-state index in [9.17, 15) is 4.79 Å². The van der Waals surface area contributed by atoms with Crippen molar-refractivity contribution in [2.75, 3.05) is 13.7 Å². The van der Waals surface area contributed by atoms with Crippen LogP contribution in [0.4, 0.5) is 0 Å². The highest BCUT2D eigenvalue weighted by atomic mass is 35.5. The third-order valence-corrected chi connectivity index (χ3v) is 3.06. The molecule has 0 amide bonds. The molecule has 1 aliphatic heterocycles. The number of esters is 1. The van der Waals surface area contributed by atoms with E-state index < -0.39 is 11.3 Å². The number of hydrogen-bond donors (Lipinski definition) is 0. The number of benzene rings is 1. The maximum absolute atomic E-state index is 11.3. The smallest absolute Gasteiger partial charge is 0.328 e. The molecule has 0 bridgehead atoms. The second kappa shape index (κ2) is 4.74. The first-order valence-electron chi connectivity index (χ1n) is 5.20. The van der Waals surface area contributed by atoms with Gasteiger partial charge in [-0.1, -0.05) is 12.1 Å². The van der Waals surface area contributed by atoms with Crippen LogP contribution in [-0.4, -0.2) is 19.7 Å². The molecular weight excluding hydrogens is 228 g/mol. The van der Waals surface area contributed by atoms with Crippen molar-refractivity contribution in [1.29, 1.82) is 0 Å². The number of methoxy groups -OCH3 is 1. The van der Waals surface area contributed by atoms with Gasteiger partial charge in [0.15, 0.2) is 5.38 Å². The first kappa shape index (κ1) is 11.3. The topological polar surface area (TPSA) is 35.5 Å². The number of carbonyl (C=O) groups is 1. The molecule has 86 valence electrons. The largest absolute Gasteiger partial charge is 0.493 e. The Balaban J connectivity index is 2.26. The van der Waals surface area contributed by atoms with Gasteiger partial charge in [0.1, 0.15) is 5.75 Å². The van der Waals surface area contributed by atoms with E-state index in [1.54, 1.807) is 6.07 Å². The van der Waals surface area contributed by atoms with E-state index in [1.807, 2.05) is 12.1 Å². The Morgan fingerprint density at radius 2 is 2.38 bits per heavy atom. The Bertz CT molecular complexity index is 403. The summed E-state index contributed by atoms with van der Waals surface area (Å²) in [5.41, 5.74) is 1.87. The number of ether oxygens (including phenoxy) is 2. The quantitative estimate of drug-likeness (QED) is 0.589. The third kappa shape index (κ3) is 2.14. The van der Waals surface area contributed by atoms with E-state index in [2.05, 4.69) is 4.74 Å². The van der Waals surface area contributed by atoms with E-state index in [4.69, 9.17) is 16.3 Å². The predicted molar refractivity (Wildman–Crippen MR) is 60.9 cm³/mol. The van der Waals surface area contributed by atoms with Gasteiger partial charge in [-0.2, -0.15) is 0 Å². The van der Waals surface area contributed by atoms with Gasteiger partial charge in [0.05, 0.1) is 13.7 Å². The van der Waals surface area contributed by atoms with Crippen LogP contribution in [0.3, 0.4) is 0 Å². The van der Waals surface area contributed by atoms with E-state index >= 15 is 0 Å². The summed E-state index contributed by atoms with van der Waals surface area (Å²) < 4.78 is 10.1. The molecule has 0 aromatic heterocycles. The van der Waals surface area contributed by atoms with Gasteiger partial charge in [0.2, 0.25) is 0 Å². The molecule has 0 aliphatic carbocycles. The van der Waals surface area contributed by atoms with Crippen molar-refractivity contribution < 1.29 is 14.3 Å². The van der Waals surface area contributed by atoms with Crippen molar-refractivity contribution in [1.82, 2.24) is 0 Å². The molecule has 3 nitrogen and oxygen atoms in total. The van der Waals surface area contributed by atoms with Crippen LogP contribution in [0.25, 0.3) is 0 Å². The summed E-state index contributed by atoms with van der Waals surface area (Å²) in [6.07, 6.45) is 1.97. The normalized spacial score (nSPS) is 15.9. The first-order chi connectivity index (χ1) is 7.72. The summed E-state index contributed by atoms with van der Waals surface area (Å²) in [6, 6.07) is 5.59. The predicted octanol–water partition coefficient (Wildman–Crippen LogP) is 2.46. The SMILES string of the molecule is COC(=O)C(Cl)c1ccc2c(c1)CCCO2. The molecule has 1 aliphatic rings. The second-order valence-corrected chi connectivity index (χ2v) is 4.14. The molecule has 0 spiro atoms. The van der Waals surface area contributed by atoms with E-state index in [0.29, 0.717) is 0 Å². The molecule has 1 unspecified atom stereocenters. The van der Waals surface area contributed by atoms with Gasteiger partial charge in [-0.15, -0.1) is 11.6 Å². The van der Waals surface area contributed by atoms with Crippen LogP contribution < -0.4 is 4.74 Å². The van der Waals surface area contributed by atoms with Gasteiger partial charge in [-0.25, -0.2) is 0 Å². The van der Waals surface area contributed by atoms with E-state index in [0.717, 1.165) is 36.3 Å². The molecule has 1 atom stereocenters. The lowest BCUT2D eigenvalue weighted by Gasteiger charge is -2.18. The Morgan fingerprint density at radius 3 is 3.12 bits per heavy atom. The van der Waals surface area contributed by atoms with Crippen molar-refractivity contribution in [3.63, 3.8) is 0 Å². The third-order valence-electron chi connectivity index (χ3n) is 2.63. The molecular formula is C12H13ClO3. The van der Waals surface area contributed by atoms with Crippen LogP contribution in [0.2, 0.25) is 0 Å². The van der Waals surface area contributed by atoms with Gasteiger partial charge in [-0.05, 0) is 30.0 Å². The van der Waals surface area contributed by atoms with Gasteiger partial charge in [-0.3, -0.25) is 4.79 Å². The molecule has 4 heteroatoms. The molecule has 1 heterocycles. The molecule has 0 saturated heterocycles. The highest BCUT2D eigenvalue weighted by Crippen LogP contribution is 2.30. The Morgan fingerprint density at radius 1 is 1.56 bits per heavy atom. The van der Waals surface area contributed by atoms with Crippen molar-refractivity contribution in [2.45, 2.75) is 18.2 Å². The van der Waals surface area contributed by atoms with Crippen LogP contribution in [0.5, 0.6) is 5.75 Å². The minimum atomic E-state index is -0.739. The molecule has 0 saturated carbocycles. The zero-order valence-electron chi connectivity index (χ0n) is 9.03. The molecule has 0 radical (unpaired) electrons. The molecule has 1 aromatic carbocycles. The number of fused-ring (bicyclic) bond motifs is 1. The van der Waals surface area contributed by atoms with Crippen molar-refractivity contribution in [2.24, 2.45) is 0 Å². The molecule has 1 aromatic rings. The number of aryl methyl sites for hydroxylation is 1. The van der Waals surface area contributed by atoms with Gasteiger partial charge in [0.25, 0.3) is 0 Å². The van der Waals surface area contributed by atoms with Gasteiger partial charge >= 0.3 is 5.97 Å². The maximum Gasteiger partial charge on any atom is 0.328 e. The van der Waals surface area contributed by atoms with Crippen LogP contribution in [0.15, 0.2) is 18.2 Å². The summed E-state index contributed by atoms with van der Waals surface area (Å²) in [4.78, 5) is 11.3. The van der Waals surface area contributed by atoms with Gasteiger partial charge < -0.3 is 9.47 Å². The zero-order chi connectivity index (χ0) is 11.5. The van der Waals surface area contributed by atoms with Crippen molar-refractivity contribution in [3.05, 3.63) is 29.3 Å². The van der Waals surface area contributed by atoms with Crippen molar-refractivity contribution >= 4 is 17.6 Å². The fraction of sp³-hybridized carbons (Fsp3) is 0.417. The number of rotatable bonds is 2. The summed E-state index contributed by atoms with van der Waals surface area (Å²) in [6.45, 7) is 0.758. The Hall–Kier alpha value is -1.22. The fourth-order valence-electron chi connectivity index (χ4n) is 1.78. The lowest BCUT2D eigenvalue weighted by Crippen LogP contribution is -2.12. The zero-order valence-corrected chi connectivity index (χ0v) is 9.79. The minimum Gasteiger partial charge on any atom is -0.493 e. The average Bonchev–Trinajstić information content (AvgIpc) is 2.36. The van der Waals surface area contributed by atoms with Crippen LogP contribution in [0, 0.1) is 0 Å². The molecule has 16 heavy (non-hydrogen) atoms. The maximum atomic E-state index is 11.3. The van der Waals surface area contributed by atoms with Crippen molar-refractivity contribution in [3.8, 4) is 5.75 Å². The Labute approximate surface area is 99.3 Å². The van der Waals surface area contributed by atoms with Crippen LogP contribution in [-0.2, 0) is 16.0 Å². The number of halogens is 1. The standard InChI is InChI=1S/C12H13ClO3/c1-15-12(14)11(13)9-4-5-10-8(7-9)3-2-6-16-10/h4-5,7,11H,2-3,6H2,1H3.